The molecule has 0 radical (unpaired) electrons. The lowest BCUT2D eigenvalue weighted by atomic mass is 10.1. The van der Waals surface area contributed by atoms with Crippen molar-refractivity contribution in [3.63, 3.8) is 0 Å². The summed E-state index contributed by atoms with van der Waals surface area (Å²) in [7, 11) is 0. The van der Waals surface area contributed by atoms with Crippen molar-refractivity contribution >= 4 is 5.97 Å². The highest BCUT2D eigenvalue weighted by Crippen LogP contribution is 2.15. The molecular formula is C23H24O4. The zero-order valence-electron chi connectivity index (χ0n) is 15.6. The van der Waals surface area contributed by atoms with Crippen molar-refractivity contribution in [2.75, 3.05) is 13.2 Å². The molecule has 2 aromatic rings. The lowest BCUT2D eigenvalue weighted by Crippen LogP contribution is -2.26. The predicted octanol–water partition coefficient (Wildman–Crippen LogP) is 4.10. The Labute approximate surface area is 160 Å². The van der Waals surface area contributed by atoms with Gasteiger partial charge in [-0.15, -0.1) is 0 Å². The molecule has 0 saturated heterocycles. The van der Waals surface area contributed by atoms with Gasteiger partial charge < -0.3 is 14.6 Å². The van der Waals surface area contributed by atoms with Crippen LogP contribution >= 0.6 is 0 Å². The Kier molecular flexibility index (Phi) is 8.15. The topological polar surface area (TPSA) is 55.8 Å². The Bertz CT molecular complexity index is 811. The van der Waals surface area contributed by atoms with E-state index in [-0.39, 0.29) is 0 Å². The van der Waals surface area contributed by atoms with Gasteiger partial charge in [0.2, 0.25) is 0 Å². The van der Waals surface area contributed by atoms with E-state index in [9.17, 15) is 4.79 Å². The van der Waals surface area contributed by atoms with Crippen molar-refractivity contribution in [3.8, 4) is 17.6 Å². The third kappa shape index (κ3) is 7.39. The predicted molar refractivity (Wildman–Crippen MR) is 106 cm³/mol. The summed E-state index contributed by atoms with van der Waals surface area (Å²) in [6.45, 7) is 4.52. The number of benzene rings is 2. The standard InChI is InChI=1S/C23H24O4/c1-3-26-22(23(24)25)17-20-11-13-21(14-12-20)27-16-15-18(2)9-10-19-7-5-4-6-8-19/h4-8,11-15,22H,3,16-17H2,1-2H3,(H,24,25)/b18-15+/t22-/m0/s1. The maximum absolute atomic E-state index is 11.1. The summed E-state index contributed by atoms with van der Waals surface area (Å²) in [5, 5.41) is 9.14. The highest BCUT2D eigenvalue weighted by atomic mass is 16.5. The molecule has 0 amide bonds. The minimum Gasteiger partial charge on any atom is -0.490 e. The second-order valence-electron chi connectivity index (χ2n) is 5.94. The van der Waals surface area contributed by atoms with E-state index in [1.807, 2.05) is 67.6 Å². The van der Waals surface area contributed by atoms with Gasteiger partial charge in [0.05, 0.1) is 0 Å². The Morgan fingerprint density at radius 2 is 1.85 bits per heavy atom. The molecule has 140 valence electrons. The van der Waals surface area contributed by atoms with E-state index >= 15 is 0 Å². The smallest absolute Gasteiger partial charge is 0.333 e. The van der Waals surface area contributed by atoms with Crippen LogP contribution in [0.3, 0.4) is 0 Å². The maximum Gasteiger partial charge on any atom is 0.333 e. The molecular weight excluding hydrogens is 340 g/mol. The molecule has 0 aliphatic heterocycles. The van der Waals surface area contributed by atoms with Crippen LogP contribution in [0.2, 0.25) is 0 Å². The van der Waals surface area contributed by atoms with Crippen molar-refractivity contribution in [2.45, 2.75) is 26.4 Å². The summed E-state index contributed by atoms with van der Waals surface area (Å²) in [5.41, 5.74) is 2.81. The molecule has 4 nitrogen and oxygen atoms in total. The number of carboxylic acids is 1. The summed E-state index contributed by atoms with van der Waals surface area (Å²) in [4.78, 5) is 11.1. The number of aliphatic carboxylic acids is 1. The van der Waals surface area contributed by atoms with Gasteiger partial charge in [-0.1, -0.05) is 42.2 Å². The van der Waals surface area contributed by atoms with Gasteiger partial charge in [-0.3, -0.25) is 0 Å². The van der Waals surface area contributed by atoms with Crippen LogP contribution < -0.4 is 4.74 Å². The molecule has 2 rings (SSSR count). The Balaban J connectivity index is 1.86. The first kappa shape index (κ1) is 20.3. The summed E-state index contributed by atoms with van der Waals surface area (Å²) in [6.07, 6.45) is 1.44. The Hall–Kier alpha value is -3.03. The fourth-order valence-electron chi connectivity index (χ4n) is 2.36. The molecule has 0 unspecified atom stereocenters. The first-order valence-electron chi connectivity index (χ1n) is 8.88. The lowest BCUT2D eigenvalue weighted by Gasteiger charge is -2.12. The third-order valence-electron chi connectivity index (χ3n) is 3.81. The van der Waals surface area contributed by atoms with Crippen LogP contribution in [0.4, 0.5) is 0 Å². The van der Waals surface area contributed by atoms with E-state index in [1.54, 1.807) is 6.92 Å². The number of carbonyl (C=O) groups is 1. The first-order chi connectivity index (χ1) is 13.1. The minimum atomic E-state index is -0.950. The summed E-state index contributed by atoms with van der Waals surface area (Å²) in [6, 6.07) is 17.2. The monoisotopic (exact) mass is 364 g/mol. The third-order valence-corrected chi connectivity index (χ3v) is 3.81. The maximum atomic E-state index is 11.1. The summed E-state index contributed by atoms with van der Waals surface area (Å²) >= 11 is 0. The van der Waals surface area contributed by atoms with Gasteiger partial charge in [0, 0.05) is 18.6 Å². The number of hydrogen-bond acceptors (Lipinski definition) is 3. The molecule has 27 heavy (non-hydrogen) atoms. The van der Waals surface area contributed by atoms with E-state index in [2.05, 4.69) is 11.8 Å². The van der Waals surface area contributed by atoms with Gasteiger partial charge in [0.15, 0.2) is 6.10 Å². The molecule has 1 atom stereocenters. The van der Waals surface area contributed by atoms with Crippen molar-refractivity contribution in [2.24, 2.45) is 0 Å². The van der Waals surface area contributed by atoms with Crippen LogP contribution in [0.15, 0.2) is 66.2 Å². The number of hydrogen-bond donors (Lipinski definition) is 1. The molecule has 0 aliphatic carbocycles. The van der Waals surface area contributed by atoms with Gasteiger partial charge in [-0.25, -0.2) is 4.79 Å². The molecule has 0 aliphatic rings. The molecule has 0 fully saturated rings. The fraction of sp³-hybridized carbons (Fsp3) is 0.261. The highest BCUT2D eigenvalue weighted by Gasteiger charge is 2.17. The number of carboxylic acid groups (broad SMARTS) is 1. The average Bonchev–Trinajstić information content (AvgIpc) is 2.68. The van der Waals surface area contributed by atoms with E-state index in [1.165, 1.54) is 0 Å². The fourth-order valence-corrected chi connectivity index (χ4v) is 2.36. The van der Waals surface area contributed by atoms with Crippen LogP contribution in [0.5, 0.6) is 5.75 Å². The summed E-state index contributed by atoms with van der Waals surface area (Å²) in [5.74, 6) is 5.98. The van der Waals surface area contributed by atoms with E-state index in [4.69, 9.17) is 14.6 Å². The largest absolute Gasteiger partial charge is 0.490 e. The molecule has 0 spiro atoms. The van der Waals surface area contributed by atoms with Gasteiger partial charge in [-0.2, -0.15) is 0 Å². The zero-order valence-corrected chi connectivity index (χ0v) is 15.6. The quantitative estimate of drug-likeness (QED) is 0.717. The van der Waals surface area contributed by atoms with Crippen molar-refractivity contribution in [1.82, 2.24) is 0 Å². The van der Waals surface area contributed by atoms with E-state index in [0.717, 1.165) is 22.4 Å². The molecule has 2 aromatic carbocycles. The van der Waals surface area contributed by atoms with Gasteiger partial charge in [0.25, 0.3) is 0 Å². The normalized spacial score (nSPS) is 12.0. The molecule has 1 N–H and O–H groups in total. The van der Waals surface area contributed by atoms with Gasteiger partial charge in [0.1, 0.15) is 12.4 Å². The number of allylic oxidation sites excluding steroid dienone is 1. The van der Waals surface area contributed by atoms with Crippen molar-refractivity contribution < 1.29 is 19.4 Å². The Morgan fingerprint density at radius 1 is 1.15 bits per heavy atom. The lowest BCUT2D eigenvalue weighted by molar-refractivity contribution is -0.149. The molecule has 0 heterocycles. The zero-order chi connectivity index (χ0) is 19.5. The molecule has 0 saturated carbocycles. The second-order valence-corrected chi connectivity index (χ2v) is 5.94. The van der Waals surface area contributed by atoms with Crippen LogP contribution in [-0.2, 0) is 16.0 Å². The highest BCUT2D eigenvalue weighted by molar-refractivity contribution is 5.72. The van der Waals surface area contributed by atoms with Crippen LogP contribution in [0.1, 0.15) is 25.0 Å². The van der Waals surface area contributed by atoms with Crippen LogP contribution in [0.25, 0.3) is 0 Å². The molecule has 0 aromatic heterocycles. The van der Waals surface area contributed by atoms with Crippen molar-refractivity contribution in [3.05, 3.63) is 77.4 Å². The van der Waals surface area contributed by atoms with Gasteiger partial charge in [-0.05, 0) is 55.3 Å². The van der Waals surface area contributed by atoms with Crippen molar-refractivity contribution in [1.29, 1.82) is 0 Å². The minimum absolute atomic E-state index is 0.331. The SMILES string of the molecule is CCO[C@@H](Cc1ccc(OC/C=C(\C)C#Cc2ccccc2)cc1)C(=O)O. The van der Waals surface area contributed by atoms with E-state index < -0.39 is 12.1 Å². The number of ether oxygens (including phenoxy) is 2. The summed E-state index contributed by atoms with van der Waals surface area (Å²) < 4.78 is 10.9. The van der Waals surface area contributed by atoms with Gasteiger partial charge >= 0.3 is 5.97 Å². The second kappa shape index (κ2) is 10.8. The van der Waals surface area contributed by atoms with Crippen LogP contribution in [0, 0.1) is 11.8 Å². The first-order valence-corrected chi connectivity index (χ1v) is 8.88. The van der Waals surface area contributed by atoms with E-state index in [0.29, 0.717) is 19.6 Å². The average molecular weight is 364 g/mol. The number of rotatable bonds is 8. The van der Waals surface area contributed by atoms with Crippen LogP contribution in [-0.4, -0.2) is 30.4 Å². The molecule has 4 heteroatoms. The Morgan fingerprint density at radius 3 is 2.48 bits per heavy atom. The molecule has 0 bridgehead atoms.